The molecular formula is C20H16Cl2N4O. The summed E-state index contributed by atoms with van der Waals surface area (Å²) >= 11 is 12.1. The second kappa shape index (κ2) is 7.55. The number of anilines is 3. The van der Waals surface area contributed by atoms with Gasteiger partial charge in [0.2, 0.25) is 5.95 Å². The predicted octanol–water partition coefficient (Wildman–Crippen LogP) is 5.12. The standard InChI is InChI=1S/C20H16Cl2N4O/c21-14-7-8-15(22)17(12-14)24-19(27)16-9-10-23-20(25-16)26-11-3-5-13-4-1-2-6-18(13)26/h1-2,4,6-10,12H,3,5,11H2,(H,24,27). The van der Waals surface area contributed by atoms with Gasteiger partial charge in [-0.2, -0.15) is 0 Å². The van der Waals surface area contributed by atoms with Crippen molar-refractivity contribution in [3.8, 4) is 0 Å². The summed E-state index contributed by atoms with van der Waals surface area (Å²) in [4.78, 5) is 23.5. The minimum Gasteiger partial charge on any atom is -0.319 e. The number of hydrogen-bond donors (Lipinski definition) is 1. The lowest BCUT2D eigenvalue weighted by molar-refractivity contribution is 0.102. The quantitative estimate of drug-likeness (QED) is 0.664. The number of para-hydroxylation sites is 1. The number of benzene rings is 2. The predicted molar refractivity (Wildman–Crippen MR) is 108 cm³/mol. The first-order valence-electron chi connectivity index (χ1n) is 8.57. The zero-order chi connectivity index (χ0) is 18.8. The number of nitrogens with one attached hydrogen (secondary N) is 1. The maximum absolute atomic E-state index is 12.6. The van der Waals surface area contributed by atoms with Gasteiger partial charge < -0.3 is 10.2 Å². The molecule has 0 spiro atoms. The molecule has 4 rings (SSSR count). The molecule has 2 heterocycles. The van der Waals surface area contributed by atoms with Crippen LogP contribution in [0.1, 0.15) is 22.5 Å². The van der Waals surface area contributed by atoms with Crippen molar-refractivity contribution >= 4 is 46.4 Å². The smallest absolute Gasteiger partial charge is 0.274 e. The van der Waals surface area contributed by atoms with Crippen molar-refractivity contribution in [3.63, 3.8) is 0 Å². The van der Waals surface area contributed by atoms with Crippen LogP contribution in [0.25, 0.3) is 0 Å². The third-order valence-corrected chi connectivity index (χ3v) is 4.97. The van der Waals surface area contributed by atoms with E-state index in [1.807, 2.05) is 17.0 Å². The van der Waals surface area contributed by atoms with Crippen molar-refractivity contribution in [2.75, 3.05) is 16.8 Å². The zero-order valence-corrected chi connectivity index (χ0v) is 15.8. The number of aryl methyl sites for hydroxylation is 1. The fraction of sp³-hybridized carbons (Fsp3) is 0.150. The highest BCUT2D eigenvalue weighted by Crippen LogP contribution is 2.31. The number of nitrogens with zero attached hydrogens (tertiary/aromatic N) is 3. The van der Waals surface area contributed by atoms with Gasteiger partial charge in [-0.3, -0.25) is 4.79 Å². The van der Waals surface area contributed by atoms with Gasteiger partial charge in [0.05, 0.1) is 10.7 Å². The number of fused-ring (bicyclic) bond motifs is 1. The van der Waals surface area contributed by atoms with Gasteiger partial charge in [0, 0.05) is 23.5 Å². The van der Waals surface area contributed by atoms with Crippen molar-refractivity contribution < 1.29 is 4.79 Å². The highest BCUT2D eigenvalue weighted by atomic mass is 35.5. The van der Waals surface area contributed by atoms with Crippen molar-refractivity contribution in [2.45, 2.75) is 12.8 Å². The molecule has 0 unspecified atom stereocenters. The van der Waals surface area contributed by atoms with E-state index in [1.54, 1.807) is 30.5 Å². The maximum Gasteiger partial charge on any atom is 0.274 e. The van der Waals surface area contributed by atoms with Gasteiger partial charge in [-0.25, -0.2) is 9.97 Å². The van der Waals surface area contributed by atoms with Gasteiger partial charge >= 0.3 is 0 Å². The number of halogens is 2. The molecule has 0 aliphatic carbocycles. The van der Waals surface area contributed by atoms with Gasteiger partial charge in [0.25, 0.3) is 5.91 Å². The summed E-state index contributed by atoms with van der Waals surface area (Å²) in [5, 5.41) is 3.65. The van der Waals surface area contributed by atoms with Gasteiger partial charge in [-0.15, -0.1) is 0 Å². The topological polar surface area (TPSA) is 58.1 Å². The van der Waals surface area contributed by atoms with E-state index in [0.29, 0.717) is 21.7 Å². The Bertz CT molecular complexity index is 1010. The summed E-state index contributed by atoms with van der Waals surface area (Å²) in [5.74, 6) is 0.139. The van der Waals surface area contributed by atoms with Crippen LogP contribution in [0.5, 0.6) is 0 Å². The highest BCUT2D eigenvalue weighted by Gasteiger charge is 2.21. The number of hydrogen-bond acceptors (Lipinski definition) is 4. The fourth-order valence-corrected chi connectivity index (χ4v) is 3.46. The molecule has 7 heteroatoms. The van der Waals surface area contributed by atoms with Crippen molar-refractivity contribution in [1.29, 1.82) is 0 Å². The van der Waals surface area contributed by atoms with Crippen LogP contribution in [-0.4, -0.2) is 22.4 Å². The average molecular weight is 399 g/mol. The number of carbonyl (C=O) groups is 1. The molecule has 3 aromatic rings. The minimum absolute atomic E-state index is 0.263. The van der Waals surface area contributed by atoms with Gasteiger partial charge in [-0.1, -0.05) is 41.4 Å². The molecule has 1 N–H and O–H groups in total. The molecule has 1 aliphatic heterocycles. The lowest BCUT2D eigenvalue weighted by Crippen LogP contribution is -2.27. The van der Waals surface area contributed by atoms with Gasteiger partial charge in [0.1, 0.15) is 5.69 Å². The third kappa shape index (κ3) is 3.75. The molecule has 0 saturated heterocycles. The lowest BCUT2D eigenvalue weighted by atomic mass is 10.0. The Hall–Kier alpha value is -2.63. The van der Waals surface area contributed by atoms with E-state index in [0.717, 1.165) is 25.1 Å². The van der Waals surface area contributed by atoms with Gasteiger partial charge in [0.15, 0.2) is 0 Å². The number of carbonyl (C=O) groups excluding carboxylic acids is 1. The number of aromatic nitrogens is 2. The van der Waals surface area contributed by atoms with E-state index in [9.17, 15) is 4.79 Å². The Morgan fingerprint density at radius 1 is 1.11 bits per heavy atom. The van der Waals surface area contributed by atoms with E-state index in [4.69, 9.17) is 23.2 Å². The second-order valence-electron chi connectivity index (χ2n) is 6.20. The molecule has 2 aromatic carbocycles. The van der Waals surface area contributed by atoms with E-state index in [-0.39, 0.29) is 11.6 Å². The maximum atomic E-state index is 12.6. The molecule has 5 nitrogen and oxygen atoms in total. The normalized spacial score (nSPS) is 13.2. The molecule has 0 saturated carbocycles. The molecule has 0 bridgehead atoms. The Morgan fingerprint density at radius 2 is 1.96 bits per heavy atom. The Labute approximate surface area is 167 Å². The largest absolute Gasteiger partial charge is 0.319 e. The molecular weight excluding hydrogens is 383 g/mol. The van der Waals surface area contributed by atoms with Crippen LogP contribution >= 0.6 is 23.2 Å². The van der Waals surface area contributed by atoms with Crippen LogP contribution in [0.15, 0.2) is 54.7 Å². The van der Waals surface area contributed by atoms with E-state index in [2.05, 4.69) is 27.4 Å². The molecule has 1 aromatic heterocycles. The van der Waals surface area contributed by atoms with E-state index < -0.39 is 0 Å². The first kappa shape index (κ1) is 17.8. The van der Waals surface area contributed by atoms with Crippen LogP contribution in [0.4, 0.5) is 17.3 Å². The Morgan fingerprint density at radius 3 is 2.85 bits per heavy atom. The molecule has 1 aliphatic rings. The number of amides is 1. The summed E-state index contributed by atoms with van der Waals surface area (Å²) in [5.41, 5.74) is 3.05. The highest BCUT2D eigenvalue weighted by molar-refractivity contribution is 6.35. The van der Waals surface area contributed by atoms with Crippen molar-refractivity contribution in [2.24, 2.45) is 0 Å². The first-order valence-corrected chi connectivity index (χ1v) is 9.32. The zero-order valence-electron chi connectivity index (χ0n) is 14.3. The molecule has 0 atom stereocenters. The fourth-order valence-electron chi connectivity index (χ4n) is 3.13. The van der Waals surface area contributed by atoms with Crippen LogP contribution in [0.3, 0.4) is 0 Å². The first-order chi connectivity index (χ1) is 13.1. The van der Waals surface area contributed by atoms with Crippen molar-refractivity contribution in [3.05, 3.63) is 76.0 Å². The summed E-state index contributed by atoms with van der Waals surface area (Å²) in [7, 11) is 0. The number of rotatable bonds is 3. The van der Waals surface area contributed by atoms with Crippen LogP contribution in [0, 0.1) is 0 Å². The molecule has 0 fully saturated rings. The Balaban J connectivity index is 1.62. The molecule has 0 radical (unpaired) electrons. The van der Waals surface area contributed by atoms with Crippen LogP contribution in [0.2, 0.25) is 10.0 Å². The Kier molecular flexibility index (Phi) is 4.97. The molecule has 136 valence electrons. The van der Waals surface area contributed by atoms with Crippen molar-refractivity contribution in [1.82, 2.24) is 9.97 Å². The average Bonchev–Trinajstić information content (AvgIpc) is 2.70. The summed E-state index contributed by atoms with van der Waals surface area (Å²) in [6.45, 7) is 0.808. The third-order valence-electron chi connectivity index (χ3n) is 4.40. The minimum atomic E-state index is -0.367. The van der Waals surface area contributed by atoms with Gasteiger partial charge in [-0.05, 0) is 48.7 Å². The molecule has 27 heavy (non-hydrogen) atoms. The summed E-state index contributed by atoms with van der Waals surface area (Å²) in [6, 6.07) is 14.7. The molecule has 1 amide bonds. The van der Waals surface area contributed by atoms with Crippen LogP contribution in [-0.2, 0) is 6.42 Å². The lowest BCUT2D eigenvalue weighted by Gasteiger charge is -2.29. The monoisotopic (exact) mass is 398 g/mol. The second-order valence-corrected chi connectivity index (χ2v) is 7.05. The van der Waals surface area contributed by atoms with Crippen LogP contribution < -0.4 is 10.2 Å². The summed E-state index contributed by atoms with van der Waals surface area (Å²) < 4.78 is 0. The summed E-state index contributed by atoms with van der Waals surface area (Å²) in [6.07, 6.45) is 3.63. The van der Waals surface area contributed by atoms with E-state index >= 15 is 0 Å². The van der Waals surface area contributed by atoms with E-state index in [1.165, 1.54) is 5.56 Å². The SMILES string of the molecule is O=C(Nc1cc(Cl)ccc1Cl)c1ccnc(N2CCCc3ccccc32)n1.